The first-order valence-electron chi connectivity index (χ1n) is 15.5. The van der Waals surface area contributed by atoms with Crippen LogP contribution in [-0.4, -0.2) is 0 Å². The molecule has 4 aliphatic rings. The molecular formula is C34H52ClN. The quantitative estimate of drug-likeness (QED) is 0.343. The molecule has 0 aromatic heterocycles. The summed E-state index contributed by atoms with van der Waals surface area (Å²) in [6, 6.07) is 6.20. The molecule has 0 amide bonds. The highest BCUT2D eigenvalue weighted by Gasteiger charge is 2.60. The minimum Gasteiger partial charge on any atom is -0.358 e. The third-order valence-corrected chi connectivity index (χ3v) is 12.5. The van der Waals surface area contributed by atoms with Gasteiger partial charge < -0.3 is 5.32 Å². The molecule has 4 saturated carbocycles. The Morgan fingerprint density at radius 2 is 1.81 bits per heavy atom. The number of aryl methyl sites for hydroxylation is 1. The van der Waals surface area contributed by atoms with Gasteiger partial charge in [-0.3, -0.25) is 0 Å². The molecule has 200 valence electrons. The minimum absolute atomic E-state index is 0.599. The molecule has 1 N–H and O–H groups in total. The molecule has 8 atom stereocenters. The van der Waals surface area contributed by atoms with E-state index in [2.05, 4.69) is 51.7 Å². The van der Waals surface area contributed by atoms with Crippen LogP contribution in [0.5, 0.6) is 0 Å². The van der Waals surface area contributed by atoms with Crippen LogP contribution < -0.4 is 5.32 Å². The number of rotatable bonds is 8. The highest BCUT2D eigenvalue weighted by atomic mass is 35.5. The first-order valence-corrected chi connectivity index (χ1v) is 15.8. The van der Waals surface area contributed by atoms with E-state index in [4.69, 9.17) is 11.6 Å². The second-order valence-corrected chi connectivity index (χ2v) is 14.3. The van der Waals surface area contributed by atoms with Crippen LogP contribution in [0.25, 0.3) is 0 Å². The van der Waals surface area contributed by atoms with Crippen LogP contribution in [0.3, 0.4) is 0 Å². The van der Waals surface area contributed by atoms with E-state index < -0.39 is 0 Å². The molecule has 4 fully saturated rings. The maximum atomic E-state index is 6.41. The third-order valence-electron chi connectivity index (χ3n) is 12.2. The van der Waals surface area contributed by atoms with Gasteiger partial charge >= 0.3 is 0 Å². The van der Waals surface area contributed by atoms with Crippen LogP contribution in [0.15, 0.2) is 30.5 Å². The first-order chi connectivity index (χ1) is 17.3. The summed E-state index contributed by atoms with van der Waals surface area (Å²) in [6.07, 6.45) is 20.1. The summed E-state index contributed by atoms with van der Waals surface area (Å²) in [5.74, 6) is 5.99. The van der Waals surface area contributed by atoms with Crippen molar-refractivity contribution in [3.63, 3.8) is 0 Å². The summed E-state index contributed by atoms with van der Waals surface area (Å²) in [5, 5.41) is 4.25. The van der Waals surface area contributed by atoms with Gasteiger partial charge in [-0.2, -0.15) is 0 Å². The number of halogens is 1. The van der Waals surface area contributed by atoms with Crippen LogP contribution in [0.2, 0.25) is 5.02 Å². The van der Waals surface area contributed by atoms with Crippen molar-refractivity contribution < 1.29 is 0 Å². The molecule has 2 heteroatoms. The molecule has 0 aliphatic heterocycles. The lowest BCUT2D eigenvalue weighted by molar-refractivity contribution is -0.135. The van der Waals surface area contributed by atoms with Gasteiger partial charge in [-0.05, 0) is 135 Å². The van der Waals surface area contributed by atoms with Crippen LogP contribution >= 0.6 is 11.6 Å². The van der Waals surface area contributed by atoms with Gasteiger partial charge in [0.15, 0.2) is 0 Å². The normalized spacial score (nSPS) is 39.7. The van der Waals surface area contributed by atoms with E-state index in [9.17, 15) is 0 Å². The maximum absolute atomic E-state index is 6.41. The Morgan fingerprint density at radius 1 is 1.00 bits per heavy atom. The average Bonchev–Trinajstić information content (AvgIpc) is 3.19. The van der Waals surface area contributed by atoms with Gasteiger partial charge in [-0.1, -0.05) is 70.7 Å². The number of nitrogens with one attached hydrogen (secondary N) is 1. The van der Waals surface area contributed by atoms with Gasteiger partial charge in [0, 0.05) is 5.70 Å². The van der Waals surface area contributed by atoms with E-state index in [-0.39, 0.29) is 0 Å². The molecule has 36 heavy (non-hydrogen) atoms. The van der Waals surface area contributed by atoms with Crippen molar-refractivity contribution in [3.8, 4) is 0 Å². The number of allylic oxidation sites excluding steroid dienone is 1. The summed E-state index contributed by atoms with van der Waals surface area (Å²) < 4.78 is 0. The maximum Gasteiger partial charge on any atom is 0.0643 e. The second kappa shape index (κ2) is 10.7. The van der Waals surface area contributed by atoms with Crippen molar-refractivity contribution in [1.82, 2.24) is 0 Å². The highest BCUT2D eigenvalue weighted by Crippen LogP contribution is 2.69. The standard InChI is InChI=1S/C34H52ClN/c1-6-25-22-27-29-16-15-26(12-8-7-11-24(3)36-32-17-14-23(2)21-31(32)35)33(29,4)20-18-30(27)34(5)19-10-9-13-28(25)34/h14,17,21,25-30,36H,3,6-13,15-16,18-20,22H2,1-2,4-5H3/t25-,26?,27?,28?,29?,30-,33?,34?/m0/s1. The lowest BCUT2D eigenvalue weighted by atomic mass is 9.42. The van der Waals surface area contributed by atoms with Crippen molar-refractivity contribution >= 4 is 17.3 Å². The largest absolute Gasteiger partial charge is 0.358 e. The van der Waals surface area contributed by atoms with Gasteiger partial charge in [-0.15, -0.1) is 0 Å². The Bertz CT molecular complexity index is 937. The van der Waals surface area contributed by atoms with Crippen LogP contribution in [-0.2, 0) is 0 Å². The van der Waals surface area contributed by atoms with Crippen molar-refractivity contribution in [2.24, 2.45) is 46.3 Å². The number of hydrogen-bond acceptors (Lipinski definition) is 1. The highest BCUT2D eigenvalue weighted by molar-refractivity contribution is 6.33. The number of hydrogen-bond donors (Lipinski definition) is 1. The van der Waals surface area contributed by atoms with Gasteiger partial charge in [0.05, 0.1) is 10.7 Å². The van der Waals surface area contributed by atoms with Crippen molar-refractivity contribution in [2.75, 3.05) is 5.32 Å². The molecule has 4 aliphatic carbocycles. The smallest absolute Gasteiger partial charge is 0.0643 e. The summed E-state index contributed by atoms with van der Waals surface area (Å²) in [6.45, 7) is 14.3. The molecule has 0 radical (unpaired) electrons. The SMILES string of the molecule is C=C(CCCCC1CCC2C3C[C@H](CC)C4CCCCC4(C)[C@H]3CCC12C)Nc1ccc(C)cc1Cl. The predicted octanol–water partition coefficient (Wildman–Crippen LogP) is 10.8. The Hall–Kier alpha value is -0.950. The van der Waals surface area contributed by atoms with Crippen LogP contribution in [0.4, 0.5) is 5.69 Å². The number of fused-ring (bicyclic) bond motifs is 5. The monoisotopic (exact) mass is 509 g/mol. The first kappa shape index (κ1) is 26.6. The van der Waals surface area contributed by atoms with Gasteiger partial charge in [-0.25, -0.2) is 0 Å². The second-order valence-electron chi connectivity index (χ2n) is 13.9. The van der Waals surface area contributed by atoms with E-state index in [0.717, 1.165) is 58.3 Å². The van der Waals surface area contributed by atoms with Gasteiger partial charge in [0.2, 0.25) is 0 Å². The topological polar surface area (TPSA) is 12.0 Å². The van der Waals surface area contributed by atoms with Crippen molar-refractivity contribution in [2.45, 2.75) is 118 Å². The Morgan fingerprint density at radius 3 is 2.58 bits per heavy atom. The van der Waals surface area contributed by atoms with E-state index in [0.29, 0.717) is 10.8 Å². The molecule has 5 rings (SSSR count). The van der Waals surface area contributed by atoms with Gasteiger partial charge in [0.1, 0.15) is 0 Å². The number of unbranched alkanes of at least 4 members (excludes halogenated alkanes) is 1. The van der Waals surface area contributed by atoms with E-state index >= 15 is 0 Å². The van der Waals surface area contributed by atoms with E-state index in [1.807, 2.05) is 6.07 Å². The predicted molar refractivity (Wildman–Crippen MR) is 156 cm³/mol. The zero-order chi connectivity index (χ0) is 25.5. The zero-order valence-corrected chi connectivity index (χ0v) is 24.4. The summed E-state index contributed by atoms with van der Waals surface area (Å²) >= 11 is 6.41. The fourth-order valence-corrected chi connectivity index (χ4v) is 10.6. The van der Waals surface area contributed by atoms with E-state index in [1.165, 1.54) is 82.6 Å². The molecule has 0 heterocycles. The molecule has 0 bridgehead atoms. The molecule has 1 aromatic rings. The Kier molecular flexibility index (Phi) is 7.90. The fourth-order valence-electron chi connectivity index (χ4n) is 10.3. The molecule has 0 spiro atoms. The van der Waals surface area contributed by atoms with Gasteiger partial charge in [0.25, 0.3) is 0 Å². The van der Waals surface area contributed by atoms with Crippen molar-refractivity contribution in [3.05, 3.63) is 41.1 Å². The average molecular weight is 510 g/mol. The molecule has 1 aromatic carbocycles. The molecule has 0 saturated heterocycles. The zero-order valence-electron chi connectivity index (χ0n) is 23.7. The number of anilines is 1. The van der Waals surface area contributed by atoms with Crippen molar-refractivity contribution in [1.29, 1.82) is 0 Å². The third kappa shape index (κ3) is 4.81. The lowest BCUT2D eigenvalue weighted by Gasteiger charge is -2.62. The summed E-state index contributed by atoms with van der Waals surface area (Å²) in [4.78, 5) is 0. The van der Waals surface area contributed by atoms with Crippen LogP contribution in [0.1, 0.15) is 116 Å². The number of benzene rings is 1. The Labute approximate surface area is 227 Å². The van der Waals surface area contributed by atoms with Crippen LogP contribution in [0, 0.1) is 53.3 Å². The minimum atomic E-state index is 0.599. The molecule has 1 nitrogen and oxygen atoms in total. The fraction of sp³-hybridized carbons (Fsp3) is 0.765. The van der Waals surface area contributed by atoms with E-state index in [1.54, 1.807) is 6.42 Å². The molecular weight excluding hydrogens is 458 g/mol. The Balaban J connectivity index is 1.16. The summed E-state index contributed by atoms with van der Waals surface area (Å²) in [5.41, 5.74) is 4.53. The summed E-state index contributed by atoms with van der Waals surface area (Å²) in [7, 11) is 0. The lowest BCUT2D eigenvalue weighted by Crippen LogP contribution is -2.55. The molecule has 6 unspecified atom stereocenters.